The van der Waals surface area contributed by atoms with Gasteiger partial charge in [-0.15, -0.1) is 0 Å². The summed E-state index contributed by atoms with van der Waals surface area (Å²) < 4.78 is 0. The lowest BCUT2D eigenvalue weighted by molar-refractivity contribution is -0.121. The summed E-state index contributed by atoms with van der Waals surface area (Å²) in [5, 5.41) is 2.98. The first-order valence-electron chi connectivity index (χ1n) is 8.81. The first kappa shape index (κ1) is 17.9. The maximum atomic E-state index is 11.6. The van der Waals surface area contributed by atoms with E-state index in [-0.39, 0.29) is 5.91 Å². The van der Waals surface area contributed by atoms with E-state index in [9.17, 15) is 4.79 Å². The molecule has 23 heavy (non-hydrogen) atoms. The van der Waals surface area contributed by atoms with E-state index in [1.807, 2.05) is 12.4 Å². The summed E-state index contributed by atoms with van der Waals surface area (Å²) in [6.45, 7) is 2.56. The summed E-state index contributed by atoms with van der Waals surface area (Å²) in [4.78, 5) is 18.4. The molecule has 0 radical (unpaired) electrons. The minimum absolute atomic E-state index is 0.137. The molecule has 1 atom stereocenters. The SMILES string of the molecule is CN1CCCC1c1cncc(CCCNC(=O)CCCCN)c1. The Kier molecular flexibility index (Phi) is 7.49. The van der Waals surface area contributed by atoms with Crippen molar-refractivity contribution in [1.82, 2.24) is 15.2 Å². The molecule has 1 fully saturated rings. The van der Waals surface area contributed by atoms with Gasteiger partial charge in [0.15, 0.2) is 0 Å². The van der Waals surface area contributed by atoms with Crippen LogP contribution in [0.4, 0.5) is 0 Å². The van der Waals surface area contributed by atoms with Crippen LogP contribution in [0, 0.1) is 0 Å². The van der Waals surface area contributed by atoms with Crippen LogP contribution in [0.15, 0.2) is 18.5 Å². The van der Waals surface area contributed by atoms with Gasteiger partial charge in [0.2, 0.25) is 5.91 Å². The van der Waals surface area contributed by atoms with E-state index < -0.39 is 0 Å². The van der Waals surface area contributed by atoms with Crippen LogP contribution in [0.2, 0.25) is 0 Å². The van der Waals surface area contributed by atoms with Gasteiger partial charge in [0.05, 0.1) is 0 Å². The number of hydrogen-bond donors (Lipinski definition) is 2. The Labute approximate surface area is 139 Å². The molecule has 1 aromatic heterocycles. The van der Waals surface area contributed by atoms with Gasteiger partial charge in [0, 0.05) is 31.4 Å². The molecule has 0 aliphatic carbocycles. The lowest BCUT2D eigenvalue weighted by Gasteiger charge is -2.19. The molecule has 1 aliphatic rings. The monoisotopic (exact) mass is 318 g/mol. The Morgan fingerprint density at radius 1 is 1.39 bits per heavy atom. The highest BCUT2D eigenvalue weighted by atomic mass is 16.1. The number of unbranched alkanes of at least 4 members (excludes halogenated alkanes) is 1. The Morgan fingerprint density at radius 3 is 3.00 bits per heavy atom. The zero-order chi connectivity index (χ0) is 16.5. The molecular formula is C18H30N4O. The van der Waals surface area contributed by atoms with Crippen LogP contribution >= 0.6 is 0 Å². The van der Waals surface area contributed by atoms with Gasteiger partial charge in [-0.25, -0.2) is 0 Å². The zero-order valence-corrected chi connectivity index (χ0v) is 14.3. The molecule has 0 spiro atoms. The highest BCUT2D eigenvalue weighted by molar-refractivity contribution is 5.75. The number of amides is 1. The smallest absolute Gasteiger partial charge is 0.219 e. The molecule has 1 aromatic rings. The fraction of sp³-hybridized carbons (Fsp3) is 0.667. The number of hydrogen-bond acceptors (Lipinski definition) is 4. The predicted octanol–water partition coefficient (Wildman–Crippen LogP) is 2.03. The van der Waals surface area contributed by atoms with E-state index >= 15 is 0 Å². The minimum Gasteiger partial charge on any atom is -0.356 e. The van der Waals surface area contributed by atoms with Gasteiger partial charge < -0.3 is 11.1 Å². The third-order valence-electron chi connectivity index (χ3n) is 4.54. The van der Waals surface area contributed by atoms with Crippen molar-refractivity contribution in [3.63, 3.8) is 0 Å². The number of pyridine rings is 1. The van der Waals surface area contributed by atoms with Crippen molar-refractivity contribution in [3.8, 4) is 0 Å². The van der Waals surface area contributed by atoms with Crippen molar-refractivity contribution in [2.45, 2.75) is 51.0 Å². The number of nitrogens with zero attached hydrogens (tertiary/aromatic N) is 2. The molecule has 2 heterocycles. The fourth-order valence-electron chi connectivity index (χ4n) is 3.20. The Bertz CT molecular complexity index is 492. The van der Waals surface area contributed by atoms with Crippen molar-refractivity contribution in [3.05, 3.63) is 29.6 Å². The topological polar surface area (TPSA) is 71.2 Å². The van der Waals surface area contributed by atoms with Gasteiger partial charge in [-0.2, -0.15) is 0 Å². The molecule has 128 valence electrons. The summed E-state index contributed by atoms with van der Waals surface area (Å²) in [5.74, 6) is 0.137. The molecule has 1 amide bonds. The van der Waals surface area contributed by atoms with E-state index in [1.54, 1.807) is 0 Å². The number of aryl methyl sites for hydroxylation is 1. The van der Waals surface area contributed by atoms with Gasteiger partial charge in [-0.3, -0.25) is 14.7 Å². The molecule has 3 N–H and O–H groups in total. The van der Waals surface area contributed by atoms with E-state index in [2.05, 4.69) is 28.3 Å². The molecule has 0 saturated carbocycles. The number of carbonyl (C=O) groups excluding carboxylic acids is 1. The number of likely N-dealkylation sites (tertiary alicyclic amines) is 1. The number of nitrogens with two attached hydrogens (primary N) is 1. The Hall–Kier alpha value is -1.46. The number of aromatic nitrogens is 1. The molecule has 2 rings (SSSR count). The van der Waals surface area contributed by atoms with Crippen molar-refractivity contribution in [2.75, 3.05) is 26.7 Å². The molecule has 1 aliphatic heterocycles. The van der Waals surface area contributed by atoms with Gasteiger partial charge >= 0.3 is 0 Å². The summed E-state index contributed by atoms with van der Waals surface area (Å²) in [6.07, 6.45) is 10.7. The van der Waals surface area contributed by atoms with Crippen LogP contribution in [-0.4, -0.2) is 42.5 Å². The summed E-state index contributed by atoms with van der Waals surface area (Å²) in [5.41, 5.74) is 8.02. The number of nitrogens with one attached hydrogen (secondary N) is 1. The van der Waals surface area contributed by atoms with Crippen LogP contribution in [0.25, 0.3) is 0 Å². The first-order valence-corrected chi connectivity index (χ1v) is 8.81. The van der Waals surface area contributed by atoms with Crippen LogP contribution in [0.5, 0.6) is 0 Å². The van der Waals surface area contributed by atoms with E-state index in [0.717, 1.165) is 32.2 Å². The van der Waals surface area contributed by atoms with Crippen LogP contribution in [0.3, 0.4) is 0 Å². The van der Waals surface area contributed by atoms with Crippen LogP contribution in [-0.2, 0) is 11.2 Å². The maximum absolute atomic E-state index is 11.6. The average molecular weight is 318 g/mol. The lowest BCUT2D eigenvalue weighted by Crippen LogP contribution is -2.24. The summed E-state index contributed by atoms with van der Waals surface area (Å²) in [6, 6.07) is 2.80. The molecule has 5 nitrogen and oxygen atoms in total. The van der Waals surface area contributed by atoms with E-state index in [4.69, 9.17) is 5.73 Å². The standard InChI is InChI=1S/C18H30N4O/c1-22-11-5-7-17(22)16-12-15(13-20-14-16)6-4-10-21-18(23)8-2-3-9-19/h12-14,17H,2-11,19H2,1H3,(H,21,23). The number of carbonyl (C=O) groups is 1. The van der Waals surface area contributed by atoms with Crippen molar-refractivity contribution in [2.24, 2.45) is 5.73 Å². The average Bonchev–Trinajstić information content (AvgIpc) is 2.98. The summed E-state index contributed by atoms with van der Waals surface area (Å²) in [7, 11) is 2.19. The Morgan fingerprint density at radius 2 is 2.26 bits per heavy atom. The van der Waals surface area contributed by atoms with Gasteiger partial charge in [-0.1, -0.05) is 6.07 Å². The number of rotatable bonds is 9. The van der Waals surface area contributed by atoms with E-state index in [1.165, 1.54) is 30.5 Å². The van der Waals surface area contributed by atoms with Crippen molar-refractivity contribution >= 4 is 5.91 Å². The molecular weight excluding hydrogens is 288 g/mol. The maximum Gasteiger partial charge on any atom is 0.219 e. The first-order chi connectivity index (χ1) is 11.2. The van der Waals surface area contributed by atoms with Crippen molar-refractivity contribution < 1.29 is 4.79 Å². The van der Waals surface area contributed by atoms with Gasteiger partial charge in [-0.05, 0) is 69.8 Å². The molecule has 0 aromatic carbocycles. The van der Waals surface area contributed by atoms with E-state index in [0.29, 0.717) is 19.0 Å². The van der Waals surface area contributed by atoms with Crippen molar-refractivity contribution in [1.29, 1.82) is 0 Å². The second kappa shape index (κ2) is 9.63. The second-order valence-corrected chi connectivity index (χ2v) is 6.46. The highest BCUT2D eigenvalue weighted by Gasteiger charge is 2.22. The highest BCUT2D eigenvalue weighted by Crippen LogP contribution is 2.30. The molecule has 1 unspecified atom stereocenters. The molecule has 0 bridgehead atoms. The fourth-order valence-corrected chi connectivity index (χ4v) is 3.20. The molecule has 5 heteroatoms. The lowest BCUT2D eigenvalue weighted by atomic mass is 10.0. The quantitative estimate of drug-likeness (QED) is 0.683. The molecule has 1 saturated heterocycles. The third-order valence-corrected chi connectivity index (χ3v) is 4.54. The third kappa shape index (κ3) is 5.92. The second-order valence-electron chi connectivity index (χ2n) is 6.46. The van der Waals surface area contributed by atoms with Gasteiger partial charge in [0.25, 0.3) is 0 Å². The normalized spacial score (nSPS) is 18.3. The van der Waals surface area contributed by atoms with Gasteiger partial charge in [0.1, 0.15) is 0 Å². The van der Waals surface area contributed by atoms with Crippen LogP contribution < -0.4 is 11.1 Å². The van der Waals surface area contributed by atoms with Crippen LogP contribution in [0.1, 0.15) is 55.7 Å². The summed E-state index contributed by atoms with van der Waals surface area (Å²) >= 11 is 0. The largest absolute Gasteiger partial charge is 0.356 e. The Balaban J connectivity index is 1.70. The predicted molar refractivity (Wildman–Crippen MR) is 93.1 cm³/mol. The minimum atomic E-state index is 0.137. The zero-order valence-electron chi connectivity index (χ0n) is 14.3.